The van der Waals surface area contributed by atoms with Crippen LogP contribution in [0.25, 0.3) is 0 Å². The number of rotatable bonds is 8. The van der Waals surface area contributed by atoms with Crippen LogP contribution >= 0.6 is 39.1 Å². The number of halogens is 3. The van der Waals surface area contributed by atoms with E-state index in [1.807, 2.05) is 13.8 Å². The Hall–Kier alpha value is -1.12. The van der Waals surface area contributed by atoms with Gasteiger partial charge in [0.25, 0.3) is 0 Å². The molecule has 2 aromatic rings. The predicted molar refractivity (Wildman–Crippen MR) is 116 cm³/mol. The molecule has 0 atom stereocenters. The fourth-order valence-corrected chi connectivity index (χ4v) is 4.75. The number of hydrogen-bond donors (Lipinski definition) is 0. The normalized spacial score (nSPS) is 11.6. The Morgan fingerprint density at radius 2 is 1.64 bits per heavy atom. The standard InChI is InChI=1S/C19H21BrCl2N2O3S/c1-3-23(4-2)19(25)13-24(12-14-5-8-16(21)11-18(14)22)28(26,27)17-9-6-15(20)7-10-17/h5-11H,3-4,12-13H2,1-2H3. The molecular formula is C19H21BrCl2N2O3S. The van der Waals surface area contributed by atoms with E-state index in [9.17, 15) is 13.2 Å². The molecule has 0 heterocycles. The summed E-state index contributed by atoms with van der Waals surface area (Å²) in [4.78, 5) is 14.3. The monoisotopic (exact) mass is 506 g/mol. The number of benzene rings is 2. The first-order valence-corrected chi connectivity index (χ1v) is 11.6. The third-order valence-corrected chi connectivity index (χ3v) is 7.16. The van der Waals surface area contributed by atoms with Gasteiger partial charge in [-0.05, 0) is 55.8 Å². The molecule has 28 heavy (non-hydrogen) atoms. The molecular weight excluding hydrogens is 487 g/mol. The zero-order chi connectivity index (χ0) is 20.9. The second kappa shape index (κ2) is 10.1. The highest BCUT2D eigenvalue weighted by Gasteiger charge is 2.28. The molecule has 0 unspecified atom stereocenters. The minimum atomic E-state index is -3.91. The minimum absolute atomic E-state index is 0.0403. The van der Waals surface area contributed by atoms with Gasteiger partial charge in [-0.15, -0.1) is 0 Å². The lowest BCUT2D eigenvalue weighted by atomic mass is 10.2. The van der Waals surface area contributed by atoms with E-state index in [0.29, 0.717) is 28.7 Å². The zero-order valence-corrected chi connectivity index (χ0v) is 19.4. The summed E-state index contributed by atoms with van der Waals surface area (Å²) in [6.45, 7) is 4.39. The molecule has 0 aromatic heterocycles. The molecule has 9 heteroatoms. The van der Waals surface area contributed by atoms with E-state index in [1.165, 1.54) is 12.1 Å². The van der Waals surface area contributed by atoms with E-state index in [2.05, 4.69) is 15.9 Å². The number of likely N-dealkylation sites (N-methyl/N-ethyl adjacent to an activating group) is 1. The summed E-state index contributed by atoms with van der Waals surface area (Å²) in [5.74, 6) is -0.268. The van der Waals surface area contributed by atoms with Crippen LogP contribution in [0.1, 0.15) is 19.4 Å². The molecule has 5 nitrogen and oxygen atoms in total. The second-order valence-corrected chi connectivity index (χ2v) is 9.73. The van der Waals surface area contributed by atoms with Crippen molar-refractivity contribution in [1.82, 2.24) is 9.21 Å². The molecule has 0 saturated heterocycles. The van der Waals surface area contributed by atoms with Crippen LogP contribution in [0.3, 0.4) is 0 Å². The van der Waals surface area contributed by atoms with Gasteiger partial charge in [0.1, 0.15) is 0 Å². The van der Waals surface area contributed by atoms with Gasteiger partial charge in [-0.25, -0.2) is 8.42 Å². The van der Waals surface area contributed by atoms with Crippen molar-refractivity contribution in [3.63, 3.8) is 0 Å². The highest BCUT2D eigenvalue weighted by molar-refractivity contribution is 9.10. The van der Waals surface area contributed by atoms with Crippen LogP contribution in [0, 0.1) is 0 Å². The van der Waals surface area contributed by atoms with Gasteiger partial charge in [0.05, 0.1) is 11.4 Å². The van der Waals surface area contributed by atoms with E-state index in [4.69, 9.17) is 23.2 Å². The van der Waals surface area contributed by atoms with Crippen LogP contribution in [0.5, 0.6) is 0 Å². The molecule has 0 aliphatic rings. The number of carbonyl (C=O) groups is 1. The first kappa shape index (κ1) is 23.2. The van der Waals surface area contributed by atoms with Crippen LogP contribution in [0.2, 0.25) is 10.0 Å². The van der Waals surface area contributed by atoms with Gasteiger partial charge in [-0.2, -0.15) is 4.31 Å². The van der Waals surface area contributed by atoms with E-state index >= 15 is 0 Å². The van der Waals surface area contributed by atoms with E-state index < -0.39 is 10.0 Å². The van der Waals surface area contributed by atoms with Crippen LogP contribution in [0.4, 0.5) is 0 Å². The fraction of sp³-hybridized carbons (Fsp3) is 0.316. The molecule has 0 bridgehead atoms. The quantitative estimate of drug-likeness (QED) is 0.514. The van der Waals surface area contributed by atoms with Crippen molar-refractivity contribution in [3.8, 4) is 0 Å². The summed E-state index contributed by atoms with van der Waals surface area (Å²) < 4.78 is 28.4. The Kier molecular flexibility index (Phi) is 8.33. The molecule has 2 rings (SSSR count). The van der Waals surface area contributed by atoms with E-state index in [0.717, 1.165) is 8.78 Å². The lowest BCUT2D eigenvalue weighted by molar-refractivity contribution is -0.131. The number of sulfonamides is 1. The van der Waals surface area contributed by atoms with Gasteiger partial charge in [0, 0.05) is 34.2 Å². The molecule has 0 aliphatic carbocycles. The Balaban J connectivity index is 2.42. The van der Waals surface area contributed by atoms with Gasteiger partial charge in [0.15, 0.2) is 0 Å². The third-order valence-electron chi connectivity index (χ3n) is 4.24. The van der Waals surface area contributed by atoms with Gasteiger partial charge in [-0.1, -0.05) is 45.2 Å². The van der Waals surface area contributed by atoms with E-state index in [1.54, 1.807) is 35.2 Å². The third kappa shape index (κ3) is 5.70. The van der Waals surface area contributed by atoms with Gasteiger partial charge < -0.3 is 4.90 Å². The summed E-state index contributed by atoms with van der Waals surface area (Å²) >= 11 is 15.5. The number of hydrogen-bond acceptors (Lipinski definition) is 3. The molecule has 0 saturated carbocycles. The largest absolute Gasteiger partial charge is 0.342 e. The summed E-state index contributed by atoms with van der Waals surface area (Å²) in [5.41, 5.74) is 0.569. The number of amides is 1. The lowest BCUT2D eigenvalue weighted by Crippen LogP contribution is -2.42. The molecule has 0 radical (unpaired) electrons. The van der Waals surface area contributed by atoms with Crippen molar-refractivity contribution in [1.29, 1.82) is 0 Å². The maximum absolute atomic E-state index is 13.2. The maximum atomic E-state index is 13.2. The highest BCUT2D eigenvalue weighted by atomic mass is 79.9. The van der Waals surface area contributed by atoms with E-state index in [-0.39, 0.29) is 23.9 Å². The topological polar surface area (TPSA) is 57.7 Å². The Morgan fingerprint density at radius 1 is 1.04 bits per heavy atom. The summed E-state index contributed by atoms with van der Waals surface area (Å²) in [6.07, 6.45) is 0. The SMILES string of the molecule is CCN(CC)C(=O)CN(Cc1ccc(Cl)cc1Cl)S(=O)(=O)c1ccc(Br)cc1. The van der Waals surface area contributed by atoms with Crippen LogP contribution in [0.15, 0.2) is 51.8 Å². The Labute approximate surface area is 184 Å². The molecule has 2 aromatic carbocycles. The van der Waals surface area contributed by atoms with Crippen LogP contribution < -0.4 is 0 Å². The van der Waals surface area contributed by atoms with Gasteiger partial charge in [0.2, 0.25) is 15.9 Å². The molecule has 152 valence electrons. The first-order chi connectivity index (χ1) is 13.2. The van der Waals surface area contributed by atoms with Crippen LogP contribution in [-0.2, 0) is 21.4 Å². The number of carbonyl (C=O) groups excluding carboxylic acids is 1. The smallest absolute Gasteiger partial charge is 0.243 e. The van der Waals surface area contributed by atoms with Gasteiger partial charge >= 0.3 is 0 Å². The highest BCUT2D eigenvalue weighted by Crippen LogP contribution is 2.26. The maximum Gasteiger partial charge on any atom is 0.243 e. The van der Waals surface area contributed by atoms with Crippen molar-refractivity contribution in [3.05, 3.63) is 62.5 Å². The van der Waals surface area contributed by atoms with Crippen molar-refractivity contribution in [2.24, 2.45) is 0 Å². The fourth-order valence-electron chi connectivity index (χ4n) is 2.65. The van der Waals surface area contributed by atoms with Gasteiger partial charge in [-0.3, -0.25) is 4.79 Å². The first-order valence-electron chi connectivity index (χ1n) is 8.66. The molecule has 0 fully saturated rings. The lowest BCUT2D eigenvalue weighted by Gasteiger charge is -2.26. The molecule has 1 amide bonds. The van der Waals surface area contributed by atoms with Crippen LogP contribution in [-0.4, -0.2) is 43.2 Å². The summed E-state index contributed by atoms with van der Waals surface area (Å²) in [7, 11) is -3.91. The summed E-state index contributed by atoms with van der Waals surface area (Å²) in [5, 5.41) is 0.800. The van der Waals surface area contributed by atoms with Crippen molar-refractivity contribution < 1.29 is 13.2 Å². The minimum Gasteiger partial charge on any atom is -0.342 e. The predicted octanol–water partition coefficient (Wildman–Crippen LogP) is 4.82. The average molecular weight is 508 g/mol. The number of nitrogens with zero attached hydrogens (tertiary/aromatic N) is 2. The zero-order valence-electron chi connectivity index (χ0n) is 15.5. The molecule has 0 N–H and O–H groups in total. The average Bonchev–Trinajstić information content (AvgIpc) is 2.64. The second-order valence-electron chi connectivity index (χ2n) is 6.03. The Morgan fingerprint density at radius 3 is 2.18 bits per heavy atom. The van der Waals surface area contributed by atoms with Crippen molar-refractivity contribution >= 4 is 55.1 Å². The van der Waals surface area contributed by atoms with Crippen molar-refractivity contribution in [2.45, 2.75) is 25.3 Å². The molecule has 0 aliphatic heterocycles. The van der Waals surface area contributed by atoms with Crippen molar-refractivity contribution in [2.75, 3.05) is 19.6 Å². The summed E-state index contributed by atoms with van der Waals surface area (Å²) in [6, 6.07) is 11.1. The Bertz CT molecular complexity index is 933. The molecule has 0 spiro atoms.